The second kappa shape index (κ2) is 5.69. The van der Waals surface area contributed by atoms with E-state index in [0.29, 0.717) is 6.61 Å². The van der Waals surface area contributed by atoms with Gasteiger partial charge in [0.05, 0.1) is 5.69 Å². The molecule has 0 aliphatic rings. The molecule has 1 atom stereocenters. The Labute approximate surface area is 107 Å². The molecule has 0 spiro atoms. The Kier molecular flexibility index (Phi) is 3.99. The summed E-state index contributed by atoms with van der Waals surface area (Å²) in [5.41, 5.74) is 8.02. The van der Waals surface area contributed by atoms with Crippen LogP contribution in [0.2, 0.25) is 0 Å². The van der Waals surface area contributed by atoms with E-state index < -0.39 is 0 Å². The maximum atomic E-state index is 5.96. The van der Waals surface area contributed by atoms with Crippen LogP contribution in [0.25, 0.3) is 0 Å². The molecule has 1 heterocycles. The van der Waals surface area contributed by atoms with Gasteiger partial charge in [-0.15, -0.1) is 0 Å². The Bertz CT molecular complexity index is 490. The Hall–Kier alpha value is -1.81. The molecule has 4 heteroatoms. The maximum Gasteiger partial charge on any atom is 0.132 e. The average molecular weight is 245 g/mol. The maximum absolute atomic E-state index is 5.96. The SMILES string of the molecule is CC[C@@H](N)c1ccc(OCc2ccn(C)n2)cc1. The van der Waals surface area contributed by atoms with Crippen LogP contribution in [0, 0.1) is 0 Å². The molecule has 18 heavy (non-hydrogen) atoms. The first-order chi connectivity index (χ1) is 8.69. The molecule has 0 fully saturated rings. The van der Waals surface area contributed by atoms with Gasteiger partial charge >= 0.3 is 0 Å². The van der Waals surface area contributed by atoms with Crippen molar-refractivity contribution >= 4 is 0 Å². The molecule has 1 aromatic carbocycles. The number of ether oxygens (including phenoxy) is 1. The summed E-state index contributed by atoms with van der Waals surface area (Å²) in [5, 5.41) is 4.26. The van der Waals surface area contributed by atoms with Gasteiger partial charge in [-0.05, 0) is 30.2 Å². The summed E-state index contributed by atoms with van der Waals surface area (Å²) in [6.45, 7) is 2.57. The first-order valence-corrected chi connectivity index (χ1v) is 6.16. The Morgan fingerprint density at radius 1 is 1.28 bits per heavy atom. The molecule has 2 rings (SSSR count). The van der Waals surface area contributed by atoms with E-state index >= 15 is 0 Å². The third-order valence-electron chi connectivity index (χ3n) is 2.90. The van der Waals surface area contributed by atoms with E-state index in [1.54, 1.807) is 4.68 Å². The predicted octanol–water partition coefficient (Wildman–Crippen LogP) is 2.41. The minimum absolute atomic E-state index is 0.106. The molecule has 0 aliphatic heterocycles. The fourth-order valence-corrected chi connectivity index (χ4v) is 1.74. The van der Waals surface area contributed by atoms with Crippen molar-refractivity contribution in [2.24, 2.45) is 12.8 Å². The number of hydrogen-bond donors (Lipinski definition) is 1. The molecule has 4 nitrogen and oxygen atoms in total. The molecule has 2 N–H and O–H groups in total. The summed E-state index contributed by atoms with van der Waals surface area (Å²) < 4.78 is 7.42. The zero-order valence-electron chi connectivity index (χ0n) is 10.8. The molecule has 0 aliphatic carbocycles. The van der Waals surface area contributed by atoms with Crippen molar-refractivity contribution in [3.8, 4) is 5.75 Å². The van der Waals surface area contributed by atoms with Crippen LogP contribution in [0.4, 0.5) is 0 Å². The topological polar surface area (TPSA) is 53.1 Å². The lowest BCUT2D eigenvalue weighted by Crippen LogP contribution is -2.08. The molecule has 0 bridgehead atoms. The van der Waals surface area contributed by atoms with E-state index in [1.807, 2.05) is 43.6 Å². The lowest BCUT2D eigenvalue weighted by Gasteiger charge is -2.10. The van der Waals surface area contributed by atoms with Gasteiger partial charge in [-0.2, -0.15) is 5.10 Å². The lowest BCUT2D eigenvalue weighted by molar-refractivity contribution is 0.300. The molecule has 2 aromatic rings. The van der Waals surface area contributed by atoms with Gasteiger partial charge in [-0.25, -0.2) is 0 Å². The first kappa shape index (κ1) is 12.6. The largest absolute Gasteiger partial charge is 0.487 e. The van der Waals surface area contributed by atoms with E-state index in [9.17, 15) is 0 Å². The molecular weight excluding hydrogens is 226 g/mol. The number of nitrogens with two attached hydrogens (primary N) is 1. The van der Waals surface area contributed by atoms with Crippen molar-refractivity contribution in [2.45, 2.75) is 26.0 Å². The van der Waals surface area contributed by atoms with E-state index in [1.165, 1.54) is 0 Å². The van der Waals surface area contributed by atoms with Crippen LogP contribution >= 0.6 is 0 Å². The number of benzene rings is 1. The van der Waals surface area contributed by atoms with Crippen LogP contribution < -0.4 is 10.5 Å². The average Bonchev–Trinajstić information content (AvgIpc) is 2.82. The van der Waals surface area contributed by atoms with Crippen molar-refractivity contribution in [1.82, 2.24) is 9.78 Å². The van der Waals surface area contributed by atoms with Crippen molar-refractivity contribution in [1.29, 1.82) is 0 Å². The normalized spacial score (nSPS) is 12.4. The lowest BCUT2D eigenvalue weighted by atomic mass is 10.1. The number of rotatable bonds is 5. The number of aryl methyl sites for hydroxylation is 1. The van der Waals surface area contributed by atoms with Gasteiger partial charge in [0.15, 0.2) is 0 Å². The van der Waals surface area contributed by atoms with Gasteiger partial charge in [-0.1, -0.05) is 19.1 Å². The molecular formula is C14H19N3O. The van der Waals surface area contributed by atoms with Gasteiger partial charge in [0.25, 0.3) is 0 Å². The predicted molar refractivity (Wildman–Crippen MR) is 71.2 cm³/mol. The van der Waals surface area contributed by atoms with Crippen LogP contribution in [0.3, 0.4) is 0 Å². The summed E-state index contributed by atoms with van der Waals surface area (Å²) in [5.74, 6) is 0.840. The highest BCUT2D eigenvalue weighted by Crippen LogP contribution is 2.18. The number of aromatic nitrogens is 2. The zero-order valence-corrected chi connectivity index (χ0v) is 10.8. The van der Waals surface area contributed by atoms with Gasteiger partial charge in [0.1, 0.15) is 12.4 Å². The smallest absolute Gasteiger partial charge is 0.132 e. The number of nitrogens with zero attached hydrogens (tertiary/aromatic N) is 2. The van der Waals surface area contributed by atoms with Crippen LogP contribution in [-0.2, 0) is 13.7 Å². The molecule has 96 valence electrons. The monoisotopic (exact) mass is 245 g/mol. The van der Waals surface area contributed by atoms with Crippen molar-refractivity contribution < 1.29 is 4.74 Å². The Morgan fingerprint density at radius 3 is 2.56 bits per heavy atom. The minimum atomic E-state index is 0.106. The van der Waals surface area contributed by atoms with E-state index in [0.717, 1.165) is 23.4 Å². The standard InChI is InChI=1S/C14H19N3O/c1-3-14(15)11-4-6-13(7-5-11)18-10-12-8-9-17(2)16-12/h4-9,14H,3,10,15H2,1-2H3/t14-/m1/s1. The van der Waals surface area contributed by atoms with E-state index in [-0.39, 0.29) is 6.04 Å². The highest BCUT2D eigenvalue weighted by Gasteiger charge is 2.03. The fourth-order valence-electron chi connectivity index (χ4n) is 1.74. The van der Waals surface area contributed by atoms with Crippen molar-refractivity contribution in [3.63, 3.8) is 0 Å². The minimum Gasteiger partial charge on any atom is -0.487 e. The Balaban J connectivity index is 1.94. The number of hydrogen-bond acceptors (Lipinski definition) is 3. The summed E-state index contributed by atoms with van der Waals surface area (Å²) in [4.78, 5) is 0. The molecule has 0 saturated carbocycles. The highest BCUT2D eigenvalue weighted by molar-refractivity contribution is 5.29. The zero-order chi connectivity index (χ0) is 13.0. The van der Waals surface area contributed by atoms with Crippen LogP contribution in [0.5, 0.6) is 5.75 Å². The van der Waals surface area contributed by atoms with Crippen LogP contribution in [0.15, 0.2) is 36.5 Å². The van der Waals surface area contributed by atoms with E-state index in [2.05, 4.69) is 12.0 Å². The van der Waals surface area contributed by atoms with Crippen LogP contribution in [0.1, 0.15) is 30.6 Å². The second-order valence-electron chi connectivity index (χ2n) is 4.35. The van der Waals surface area contributed by atoms with Gasteiger partial charge in [0, 0.05) is 19.3 Å². The molecule has 0 amide bonds. The summed E-state index contributed by atoms with van der Waals surface area (Å²) in [6, 6.07) is 9.99. The fraction of sp³-hybridized carbons (Fsp3) is 0.357. The highest BCUT2D eigenvalue weighted by atomic mass is 16.5. The summed E-state index contributed by atoms with van der Waals surface area (Å²) >= 11 is 0. The Morgan fingerprint density at radius 2 is 2.00 bits per heavy atom. The van der Waals surface area contributed by atoms with Gasteiger partial charge < -0.3 is 10.5 Å². The van der Waals surface area contributed by atoms with Crippen molar-refractivity contribution in [3.05, 3.63) is 47.8 Å². The molecule has 1 aromatic heterocycles. The quantitative estimate of drug-likeness (QED) is 0.880. The third-order valence-corrected chi connectivity index (χ3v) is 2.90. The summed E-state index contributed by atoms with van der Waals surface area (Å²) in [7, 11) is 1.89. The molecule has 0 radical (unpaired) electrons. The first-order valence-electron chi connectivity index (χ1n) is 6.16. The molecule has 0 saturated heterocycles. The third kappa shape index (κ3) is 3.11. The summed E-state index contributed by atoms with van der Waals surface area (Å²) in [6.07, 6.45) is 2.84. The van der Waals surface area contributed by atoms with Crippen molar-refractivity contribution in [2.75, 3.05) is 0 Å². The van der Waals surface area contributed by atoms with Gasteiger partial charge in [-0.3, -0.25) is 4.68 Å². The second-order valence-corrected chi connectivity index (χ2v) is 4.35. The van der Waals surface area contributed by atoms with E-state index in [4.69, 9.17) is 10.5 Å². The molecule has 0 unspecified atom stereocenters. The van der Waals surface area contributed by atoms with Crippen LogP contribution in [-0.4, -0.2) is 9.78 Å². The van der Waals surface area contributed by atoms with Gasteiger partial charge in [0.2, 0.25) is 0 Å².